The number of hydrogen-bond acceptors (Lipinski definition) is 5. The predicted octanol–water partition coefficient (Wildman–Crippen LogP) is 6.46. The highest BCUT2D eigenvalue weighted by Gasteiger charge is 2.36. The molecule has 1 heterocycles. The molecule has 0 bridgehead atoms. The topological polar surface area (TPSA) is 59.6 Å². The Morgan fingerprint density at radius 3 is 2.41 bits per heavy atom. The Morgan fingerprint density at radius 2 is 1.65 bits per heavy atom. The number of carbonyl (C=O) groups excluding carboxylic acids is 1. The van der Waals surface area contributed by atoms with Gasteiger partial charge in [-0.25, -0.2) is 0 Å². The summed E-state index contributed by atoms with van der Waals surface area (Å²) in [4.78, 5) is 13.7. The first-order chi connectivity index (χ1) is 16.7. The van der Waals surface area contributed by atoms with Crippen molar-refractivity contribution >= 4 is 17.2 Å². The first-order valence-corrected chi connectivity index (χ1v) is 11.9. The third-order valence-corrected chi connectivity index (χ3v) is 6.58. The molecule has 5 heteroatoms. The lowest BCUT2D eigenvalue weighted by Gasteiger charge is -2.30. The van der Waals surface area contributed by atoms with Crippen molar-refractivity contribution in [3.8, 4) is 11.5 Å². The van der Waals surface area contributed by atoms with E-state index < -0.39 is 0 Å². The Kier molecular flexibility index (Phi) is 6.26. The second-order valence-electron chi connectivity index (χ2n) is 8.83. The summed E-state index contributed by atoms with van der Waals surface area (Å²) in [6, 6.07) is 24.0. The summed E-state index contributed by atoms with van der Waals surface area (Å²) in [7, 11) is 1.66. The van der Waals surface area contributed by atoms with E-state index in [2.05, 4.69) is 29.7 Å². The summed E-state index contributed by atoms with van der Waals surface area (Å²) in [5.41, 5.74) is 5.88. The third-order valence-electron chi connectivity index (χ3n) is 6.58. The Morgan fingerprint density at radius 1 is 0.912 bits per heavy atom. The monoisotopic (exact) mass is 454 g/mol. The van der Waals surface area contributed by atoms with E-state index in [9.17, 15) is 4.79 Å². The van der Waals surface area contributed by atoms with Crippen molar-refractivity contribution in [1.29, 1.82) is 0 Å². The standard InChI is InChI=1S/C29H30N2O3/c1-3-16-34-27-11-7-4-8-22(27)20-17-25-28(26(32)18-20)29(19-12-14-21(33-2)15-13-19)31-24-10-6-5-9-23(24)30-25/h4-15,20,29-31H,3,16-18H2,1-2H3. The molecule has 34 heavy (non-hydrogen) atoms. The van der Waals surface area contributed by atoms with E-state index in [-0.39, 0.29) is 17.7 Å². The van der Waals surface area contributed by atoms with E-state index in [1.807, 2.05) is 60.7 Å². The molecule has 5 rings (SSSR count). The number of hydrogen-bond donors (Lipinski definition) is 2. The highest BCUT2D eigenvalue weighted by Crippen LogP contribution is 2.45. The van der Waals surface area contributed by atoms with Gasteiger partial charge in [0.05, 0.1) is 31.1 Å². The molecule has 174 valence electrons. The van der Waals surface area contributed by atoms with E-state index in [0.717, 1.165) is 58.1 Å². The van der Waals surface area contributed by atoms with Gasteiger partial charge in [0.15, 0.2) is 5.78 Å². The molecule has 0 spiro atoms. The van der Waals surface area contributed by atoms with E-state index in [1.54, 1.807) is 7.11 Å². The maximum absolute atomic E-state index is 13.7. The number of ether oxygens (including phenoxy) is 2. The summed E-state index contributed by atoms with van der Waals surface area (Å²) in [6.07, 6.45) is 2.15. The van der Waals surface area contributed by atoms with Gasteiger partial charge in [0, 0.05) is 23.6 Å². The maximum atomic E-state index is 13.7. The number of rotatable bonds is 6. The zero-order valence-corrected chi connectivity index (χ0v) is 19.6. The fourth-order valence-corrected chi connectivity index (χ4v) is 4.92. The van der Waals surface area contributed by atoms with Crippen molar-refractivity contribution in [1.82, 2.24) is 0 Å². The Balaban J connectivity index is 1.56. The largest absolute Gasteiger partial charge is 0.497 e. The maximum Gasteiger partial charge on any atom is 0.163 e. The Labute approximate surface area is 200 Å². The lowest BCUT2D eigenvalue weighted by molar-refractivity contribution is -0.116. The van der Waals surface area contributed by atoms with Crippen LogP contribution in [0.5, 0.6) is 11.5 Å². The van der Waals surface area contributed by atoms with Crippen molar-refractivity contribution in [2.75, 3.05) is 24.4 Å². The number of methoxy groups -OCH3 is 1. The zero-order valence-electron chi connectivity index (χ0n) is 19.6. The van der Waals surface area contributed by atoms with E-state index in [1.165, 1.54) is 0 Å². The minimum absolute atomic E-state index is 0.0635. The first kappa shape index (κ1) is 22.1. The number of fused-ring (bicyclic) bond motifs is 1. The predicted molar refractivity (Wildman–Crippen MR) is 136 cm³/mol. The normalized spacial score (nSPS) is 19.3. The van der Waals surface area contributed by atoms with Gasteiger partial charge in [0.2, 0.25) is 0 Å². The summed E-state index contributed by atoms with van der Waals surface area (Å²) in [5.74, 6) is 1.90. The lowest BCUT2D eigenvalue weighted by Crippen LogP contribution is -2.27. The molecule has 5 nitrogen and oxygen atoms in total. The molecular weight excluding hydrogens is 424 g/mol. The minimum Gasteiger partial charge on any atom is -0.497 e. The van der Waals surface area contributed by atoms with Crippen LogP contribution in [0.15, 0.2) is 84.1 Å². The van der Waals surface area contributed by atoms with Crippen molar-refractivity contribution < 1.29 is 14.3 Å². The van der Waals surface area contributed by atoms with Crippen molar-refractivity contribution in [3.05, 3.63) is 95.2 Å². The van der Waals surface area contributed by atoms with Gasteiger partial charge in [-0.1, -0.05) is 49.4 Å². The van der Waals surface area contributed by atoms with Crippen LogP contribution >= 0.6 is 0 Å². The van der Waals surface area contributed by atoms with Crippen molar-refractivity contribution in [2.45, 2.75) is 38.1 Å². The van der Waals surface area contributed by atoms with Crippen molar-refractivity contribution in [2.24, 2.45) is 0 Å². The molecule has 3 aromatic rings. The van der Waals surface area contributed by atoms with Crippen LogP contribution in [-0.4, -0.2) is 19.5 Å². The molecular formula is C29H30N2O3. The molecule has 0 saturated heterocycles. The van der Waals surface area contributed by atoms with Gasteiger partial charge >= 0.3 is 0 Å². The van der Waals surface area contributed by atoms with Crippen LogP contribution in [0.2, 0.25) is 0 Å². The fraction of sp³-hybridized carbons (Fsp3) is 0.276. The molecule has 1 aliphatic heterocycles. The number of Topliss-reactive ketones (excluding diaryl/α,β-unsaturated/α-hetero) is 1. The van der Waals surface area contributed by atoms with E-state index in [4.69, 9.17) is 9.47 Å². The van der Waals surface area contributed by atoms with E-state index in [0.29, 0.717) is 13.0 Å². The van der Waals surface area contributed by atoms with Gasteiger partial charge in [-0.15, -0.1) is 0 Å². The summed E-state index contributed by atoms with van der Waals surface area (Å²) < 4.78 is 11.4. The third kappa shape index (κ3) is 4.26. The molecule has 0 radical (unpaired) electrons. The van der Waals surface area contributed by atoms with Gasteiger partial charge in [-0.05, 0) is 54.3 Å². The molecule has 0 amide bonds. The number of para-hydroxylation sites is 3. The quantitative estimate of drug-likeness (QED) is 0.447. The van der Waals surface area contributed by atoms with Crippen LogP contribution in [0, 0.1) is 0 Å². The van der Waals surface area contributed by atoms with Crippen LogP contribution in [-0.2, 0) is 4.79 Å². The highest BCUT2D eigenvalue weighted by molar-refractivity contribution is 6.01. The molecule has 2 unspecified atom stereocenters. The van der Waals surface area contributed by atoms with Crippen LogP contribution < -0.4 is 20.1 Å². The SMILES string of the molecule is CCCOc1ccccc1C1CC(=O)C2=C(C1)Nc1ccccc1NC2c1ccc(OC)cc1. The number of ketones is 1. The van der Waals surface area contributed by atoms with Crippen molar-refractivity contribution in [3.63, 3.8) is 0 Å². The molecule has 0 saturated carbocycles. The van der Waals surface area contributed by atoms with Crippen LogP contribution in [0.25, 0.3) is 0 Å². The number of allylic oxidation sites excluding steroid dienone is 1. The molecule has 0 fully saturated rings. The first-order valence-electron chi connectivity index (χ1n) is 11.9. The number of benzene rings is 3. The Hall–Kier alpha value is -3.73. The molecule has 2 N–H and O–H groups in total. The number of carbonyl (C=O) groups is 1. The summed E-state index contributed by atoms with van der Waals surface area (Å²) >= 11 is 0. The Bertz CT molecular complexity index is 1220. The molecule has 3 aromatic carbocycles. The molecule has 1 aliphatic carbocycles. The average Bonchev–Trinajstić information content (AvgIpc) is 3.04. The number of nitrogens with one attached hydrogen (secondary N) is 2. The van der Waals surface area contributed by atoms with Gasteiger partial charge in [-0.2, -0.15) is 0 Å². The van der Waals surface area contributed by atoms with Crippen LogP contribution in [0.3, 0.4) is 0 Å². The van der Waals surface area contributed by atoms with Gasteiger partial charge < -0.3 is 20.1 Å². The number of anilines is 2. The lowest BCUT2D eigenvalue weighted by atomic mass is 9.78. The smallest absolute Gasteiger partial charge is 0.163 e. The van der Waals surface area contributed by atoms with Gasteiger partial charge in [0.1, 0.15) is 11.5 Å². The molecule has 0 aromatic heterocycles. The van der Waals surface area contributed by atoms with E-state index >= 15 is 0 Å². The summed E-state index contributed by atoms with van der Waals surface area (Å²) in [5, 5.41) is 7.24. The summed E-state index contributed by atoms with van der Waals surface area (Å²) in [6.45, 7) is 2.77. The second kappa shape index (κ2) is 9.64. The minimum atomic E-state index is -0.239. The fourth-order valence-electron chi connectivity index (χ4n) is 4.92. The zero-order chi connectivity index (χ0) is 23.5. The second-order valence-corrected chi connectivity index (χ2v) is 8.83. The van der Waals surface area contributed by atoms with Crippen LogP contribution in [0.1, 0.15) is 49.3 Å². The average molecular weight is 455 g/mol. The van der Waals surface area contributed by atoms with Gasteiger partial charge in [-0.3, -0.25) is 4.79 Å². The molecule has 2 atom stereocenters. The van der Waals surface area contributed by atoms with Gasteiger partial charge in [0.25, 0.3) is 0 Å². The highest BCUT2D eigenvalue weighted by atomic mass is 16.5. The molecule has 2 aliphatic rings. The van der Waals surface area contributed by atoms with Crippen LogP contribution in [0.4, 0.5) is 11.4 Å².